The molecule has 1 aromatic heterocycles. The highest BCUT2D eigenvalue weighted by molar-refractivity contribution is 7.10. The number of benzene rings is 1. The highest BCUT2D eigenvalue weighted by atomic mass is 35.5. The van der Waals surface area contributed by atoms with Crippen molar-refractivity contribution in [2.24, 2.45) is 0 Å². The maximum Gasteiger partial charge on any atom is 0.118 e. The van der Waals surface area contributed by atoms with Gasteiger partial charge in [-0.2, -0.15) is 0 Å². The molecule has 0 aliphatic carbocycles. The van der Waals surface area contributed by atoms with Crippen LogP contribution in [0.25, 0.3) is 0 Å². The minimum absolute atomic E-state index is 0. The summed E-state index contributed by atoms with van der Waals surface area (Å²) in [5.74, 6) is 0. The quantitative estimate of drug-likeness (QED) is 0.858. The molecule has 2 atom stereocenters. The van der Waals surface area contributed by atoms with E-state index in [-0.39, 0.29) is 18.4 Å². The summed E-state index contributed by atoms with van der Waals surface area (Å²) in [4.78, 5) is 3.54. The van der Waals surface area contributed by atoms with E-state index in [0.29, 0.717) is 6.42 Å². The second kappa shape index (κ2) is 8.29. The van der Waals surface area contributed by atoms with E-state index in [2.05, 4.69) is 47.5 Å². The number of nitrogens with zero attached hydrogens (tertiary/aromatic N) is 1. The smallest absolute Gasteiger partial charge is 0.118 e. The summed E-state index contributed by atoms with van der Waals surface area (Å²) in [5, 5.41) is 13.7. The molecule has 4 heteroatoms. The number of halogens is 1. The second-order valence-electron chi connectivity index (χ2n) is 6.34. The van der Waals surface area contributed by atoms with Crippen molar-refractivity contribution in [2.75, 3.05) is 13.1 Å². The van der Waals surface area contributed by atoms with Gasteiger partial charge in [0.2, 0.25) is 0 Å². The molecule has 2 aromatic rings. The summed E-state index contributed by atoms with van der Waals surface area (Å²) in [6, 6.07) is 14.6. The van der Waals surface area contributed by atoms with Crippen molar-refractivity contribution < 1.29 is 5.11 Å². The maximum absolute atomic E-state index is 11.6. The molecule has 2 nitrogen and oxygen atoms in total. The molecular weight excluding hydrogens is 326 g/mol. The van der Waals surface area contributed by atoms with E-state index in [1.807, 2.05) is 12.1 Å². The number of likely N-dealkylation sites (tertiary alicyclic amines) is 1. The molecule has 0 amide bonds. The fourth-order valence-corrected chi connectivity index (χ4v) is 4.39. The van der Waals surface area contributed by atoms with Gasteiger partial charge >= 0.3 is 0 Å². The Morgan fingerprint density at radius 3 is 2.39 bits per heavy atom. The molecule has 1 fully saturated rings. The highest BCUT2D eigenvalue weighted by Crippen LogP contribution is 2.36. The average molecular weight is 352 g/mol. The summed E-state index contributed by atoms with van der Waals surface area (Å²) in [7, 11) is 0. The fourth-order valence-electron chi connectivity index (χ4n) is 3.48. The van der Waals surface area contributed by atoms with Crippen molar-refractivity contribution in [3.05, 3.63) is 58.3 Å². The van der Waals surface area contributed by atoms with Crippen LogP contribution in [0.4, 0.5) is 0 Å². The van der Waals surface area contributed by atoms with Gasteiger partial charge in [0, 0.05) is 17.3 Å². The monoisotopic (exact) mass is 351 g/mol. The second-order valence-corrected chi connectivity index (χ2v) is 7.28. The summed E-state index contributed by atoms with van der Waals surface area (Å²) < 4.78 is 0. The molecule has 3 rings (SSSR count). The first-order valence-corrected chi connectivity index (χ1v) is 9.12. The van der Waals surface area contributed by atoms with Gasteiger partial charge in [-0.1, -0.05) is 42.8 Å². The molecule has 1 aliphatic heterocycles. The molecule has 1 aliphatic rings. The van der Waals surface area contributed by atoms with E-state index in [1.54, 1.807) is 11.3 Å². The number of aliphatic hydroxyl groups is 1. The standard InChI is InChI=1S/C19H25NOS.ClH/c1-16(20-12-6-3-7-13-20)19(21,18-11-8-14-22-18)15-17-9-4-2-5-10-17;/h2,4-5,8-11,14,16,21H,3,6-7,12-13,15H2,1H3;1H. The predicted octanol–water partition coefficient (Wildman–Crippen LogP) is 4.47. The van der Waals surface area contributed by atoms with Crippen LogP contribution in [-0.4, -0.2) is 29.1 Å². The molecule has 0 saturated carbocycles. The number of thiophene rings is 1. The van der Waals surface area contributed by atoms with E-state index in [9.17, 15) is 5.11 Å². The average Bonchev–Trinajstić information content (AvgIpc) is 3.11. The van der Waals surface area contributed by atoms with Crippen molar-refractivity contribution >= 4 is 23.7 Å². The Kier molecular flexibility index (Phi) is 6.66. The van der Waals surface area contributed by atoms with E-state index in [4.69, 9.17) is 0 Å². The molecule has 0 radical (unpaired) electrons. The molecule has 2 unspecified atom stereocenters. The Labute approximate surface area is 149 Å². The fraction of sp³-hybridized carbons (Fsp3) is 0.474. The van der Waals surface area contributed by atoms with Crippen LogP contribution in [-0.2, 0) is 12.0 Å². The van der Waals surface area contributed by atoms with Crippen LogP contribution < -0.4 is 0 Å². The Morgan fingerprint density at radius 1 is 1.09 bits per heavy atom. The van der Waals surface area contributed by atoms with Gasteiger partial charge in [0.1, 0.15) is 5.60 Å². The zero-order chi connectivity index (χ0) is 15.4. The zero-order valence-electron chi connectivity index (χ0n) is 13.6. The van der Waals surface area contributed by atoms with E-state index < -0.39 is 5.60 Å². The summed E-state index contributed by atoms with van der Waals surface area (Å²) in [6.45, 7) is 4.39. The molecule has 1 aromatic carbocycles. The molecule has 1 N–H and O–H groups in total. The van der Waals surface area contributed by atoms with Gasteiger partial charge in [0.25, 0.3) is 0 Å². The molecule has 0 spiro atoms. The highest BCUT2D eigenvalue weighted by Gasteiger charge is 2.40. The van der Waals surface area contributed by atoms with Gasteiger partial charge < -0.3 is 5.11 Å². The minimum atomic E-state index is -0.813. The van der Waals surface area contributed by atoms with Crippen molar-refractivity contribution in [3.8, 4) is 0 Å². The van der Waals surface area contributed by atoms with E-state index in [0.717, 1.165) is 18.0 Å². The molecule has 23 heavy (non-hydrogen) atoms. The molecule has 2 heterocycles. The van der Waals surface area contributed by atoms with Crippen LogP contribution in [0.2, 0.25) is 0 Å². The first-order chi connectivity index (χ1) is 10.7. The molecule has 1 saturated heterocycles. The summed E-state index contributed by atoms with van der Waals surface area (Å²) in [5.41, 5.74) is 0.384. The van der Waals surface area contributed by atoms with Crippen LogP contribution in [0, 0.1) is 0 Å². The third kappa shape index (κ3) is 4.16. The lowest BCUT2D eigenvalue weighted by Crippen LogP contribution is -2.51. The summed E-state index contributed by atoms with van der Waals surface area (Å²) in [6.07, 6.45) is 4.48. The third-order valence-electron chi connectivity index (χ3n) is 4.89. The van der Waals surface area contributed by atoms with Crippen LogP contribution >= 0.6 is 23.7 Å². The van der Waals surface area contributed by atoms with Gasteiger partial charge in [0.05, 0.1) is 0 Å². The van der Waals surface area contributed by atoms with Crippen molar-refractivity contribution in [2.45, 2.75) is 44.2 Å². The first kappa shape index (κ1) is 18.5. The van der Waals surface area contributed by atoms with Crippen LogP contribution in [0.1, 0.15) is 36.6 Å². The van der Waals surface area contributed by atoms with Crippen LogP contribution in [0.3, 0.4) is 0 Å². The normalized spacial score (nSPS) is 19.6. The Hall–Kier alpha value is -0.870. The zero-order valence-corrected chi connectivity index (χ0v) is 15.3. The van der Waals surface area contributed by atoms with Crippen LogP contribution in [0.15, 0.2) is 47.8 Å². The number of hydrogen-bond acceptors (Lipinski definition) is 3. The first-order valence-electron chi connectivity index (χ1n) is 8.24. The number of hydrogen-bond donors (Lipinski definition) is 1. The van der Waals surface area contributed by atoms with Crippen molar-refractivity contribution in [1.29, 1.82) is 0 Å². The maximum atomic E-state index is 11.6. The molecular formula is C19H26ClNOS. The van der Waals surface area contributed by atoms with E-state index >= 15 is 0 Å². The van der Waals surface area contributed by atoms with Gasteiger partial charge in [0.15, 0.2) is 0 Å². The minimum Gasteiger partial charge on any atom is -0.382 e. The summed E-state index contributed by atoms with van der Waals surface area (Å²) >= 11 is 1.66. The lowest BCUT2D eigenvalue weighted by molar-refractivity contribution is -0.0485. The molecule has 0 bridgehead atoms. The van der Waals surface area contributed by atoms with Crippen molar-refractivity contribution in [3.63, 3.8) is 0 Å². The van der Waals surface area contributed by atoms with Gasteiger partial charge in [-0.3, -0.25) is 4.90 Å². The van der Waals surface area contributed by atoms with Gasteiger partial charge in [-0.25, -0.2) is 0 Å². The van der Waals surface area contributed by atoms with E-state index in [1.165, 1.54) is 24.8 Å². The van der Waals surface area contributed by atoms with Gasteiger partial charge in [-0.15, -0.1) is 23.7 Å². The largest absolute Gasteiger partial charge is 0.382 e. The van der Waals surface area contributed by atoms with Crippen molar-refractivity contribution in [1.82, 2.24) is 4.90 Å². The number of rotatable bonds is 5. The topological polar surface area (TPSA) is 23.5 Å². The molecule has 126 valence electrons. The lowest BCUT2D eigenvalue weighted by atomic mass is 9.85. The Morgan fingerprint density at radius 2 is 1.78 bits per heavy atom. The Bertz CT molecular complexity index is 568. The SMILES string of the molecule is CC(N1CCCCC1)C(O)(Cc1ccccc1)c1cccs1.Cl. The third-order valence-corrected chi connectivity index (χ3v) is 5.93. The lowest BCUT2D eigenvalue weighted by Gasteiger charge is -2.42. The predicted molar refractivity (Wildman–Crippen MR) is 100 cm³/mol. The number of piperidine rings is 1. The van der Waals surface area contributed by atoms with Crippen LogP contribution in [0.5, 0.6) is 0 Å². The van der Waals surface area contributed by atoms with Gasteiger partial charge in [-0.05, 0) is 49.9 Å². The Balaban J connectivity index is 0.00000192.